The Kier molecular flexibility index (Phi) is 4.29. The maximum absolute atomic E-state index is 13.2. The largest absolute Gasteiger partial charge is 0.368 e. The fraction of sp³-hybridized carbons (Fsp3) is 0.474. The number of nitrogens with one attached hydrogen (secondary N) is 1. The number of fused-ring (bicyclic) bond motifs is 2. The van der Waals surface area contributed by atoms with Crippen LogP contribution in [0.15, 0.2) is 30.5 Å². The molecule has 2 aromatic rings. The second-order valence-electron chi connectivity index (χ2n) is 6.87. The standard InChI is InChI=1S/C19H22FN3O2/c20-16-3-1-2-14(12-16)4-5-17(24)23-9-7-19(8-10-23)18-15(6-11-25-19)13-21-22-18/h1-3,12-13H,4-11H2,(H,21,22). The fourth-order valence-electron chi connectivity index (χ4n) is 3.94. The predicted octanol–water partition coefficient (Wildman–Crippen LogP) is 2.57. The summed E-state index contributed by atoms with van der Waals surface area (Å²) in [4.78, 5) is 14.4. The lowest BCUT2D eigenvalue weighted by Gasteiger charge is -2.43. The molecule has 0 unspecified atom stereocenters. The van der Waals surface area contributed by atoms with Crippen molar-refractivity contribution in [2.75, 3.05) is 19.7 Å². The Morgan fingerprint density at radius 2 is 2.20 bits per heavy atom. The fourth-order valence-corrected chi connectivity index (χ4v) is 3.94. The molecule has 0 aliphatic carbocycles. The number of aromatic nitrogens is 2. The number of aromatic amines is 1. The van der Waals surface area contributed by atoms with Crippen LogP contribution in [0.25, 0.3) is 0 Å². The summed E-state index contributed by atoms with van der Waals surface area (Å²) in [5.74, 6) is -0.130. The molecule has 0 radical (unpaired) electrons. The summed E-state index contributed by atoms with van der Waals surface area (Å²) < 4.78 is 19.3. The van der Waals surface area contributed by atoms with Crippen molar-refractivity contribution in [1.29, 1.82) is 0 Å². The highest BCUT2D eigenvalue weighted by molar-refractivity contribution is 5.76. The molecular formula is C19H22FN3O2. The van der Waals surface area contributed by atoms with Gasteiger partial charge in [0.25, 0.3) is 0 Å². The van der Waals surface area contributed by atoms with E-state index in [1.807, 2.05) is 17.2 Å². The van der Waals surface area contributed by atoms with Gasteiger partial charge in [0.05, 0.1) is 18.5 Å². The molecule has 5 nitrogen and oxygen atoms in total. The molecule has 2 aliphatic rings. The molecule has 25 heavy (non-hydrogen) atoms. The summed E-state index contributed by atoms with van der Waals surface area (Å²) >= 11 is 0. The van der Waals surface area contributed by atoms with Gasteiger partial charge in [-0.25, -0.2) is 4.39 Å². The Balaban J connectivity index is 1.35. The lowest BCUT2D eigenvalue weighted by molar-refractivity contribution is -0.141. The minimum absolute atomic E-state index is 0.125. The van der Waals surface area contributed by atoms with Crippen LogP contribution in [0, 0.1) is 5.82 Å². The summed E-state index contributed by atoms with van der Waals surface area (Å²) in [7, 11) is 0. The molecule has 0 saturated carbocycles. The van der Waals surface area contributed by atoms with Crippen LogP contribution in [0.5, 0.6) is 0 Å². The zero-order valence-electron chi connectivity index (χ0n) is 14.1. The van der Waals surface area contributed by atoms with Gasteiger partial charge in [0, 0.05) is 19.5 Å². The highest BCUT2D eigenvalue weighted by atomic mass is 19.1. The monoisotopic (exact) mass is 343 g/mol. The Bertz CT molecular complexity index is 766. The third-order valence-electron chi connectivity index (χ3n) is 5.36. The molecule has 1 N–H and O–H groups in total. The van der Waals surface area contributed by atoms with Gasteiger partial charge in [-0.3, -0.25) is 9.89 Å². The number of rotatable bonds is 3. The molecule has 1 saturated heterocycles. The topological polar surface area (TPSA) is 58.2 Å². The van der Waals surface area contributed by atoms with E-state index < -0.39 is 0 Å². The number of carbonyl (C=O) groups is 1. The number of benzene rings is 1. The van der Waals surface area contributed by atoms with E-state index in [9.17, 15) is 9.18 Å². The maximum atomic E-state index is 13.2. The van der Waals surface area contributed by atoms with Gasteiger partial charge in [-0.05, 0) is 48.9 Å². The number of ether oxygens (including phenoxy) is 1. The molecule has 1 aromatic heterocycles. The molecule has 4 rings (SSSR count). The summed E-state index contributed by atoms with van der Waals surface area (Å²) in [5.41, 5.74) is 2.87. The number of hydrogen-bond acceptors (Lipinski definition) is 3. The molecule has 1 spiro atoms. The van der Waals surface area contributed by atoms with E-state index in [2.05, 4.69) is 10.2 Å². The minimum Gasteiger partial charge on any atom is -0.368 e. The third kappa shape index (κ3) is 3.18. The summed E-state index contributed by atoms with van der Waals surface area (Å²) in [5, 5.41) is 7.26. The average Bonchev–Trinajstić information content (AvgIpc) is 3.11. The van der Waals surface area contributed by atoms with Crippen LogP contribution in [0.3, 0.4) is 0 Å². The number of carbonyl (C=O) groups excluding carboxylic acids is 1. The van der Waals surface area contributed by atoms with E-state index >= 15 is 0 Å². The lowest BCUT2D eigenvalue weighted by Crippen LogP contribution is -2.48. The molecule has 1 amide bonds. The van der Waals surface area contributed by atoms with Crippen LogP contribution in [-0.4, -0.2) is 40.7 Å². The smallest absolute Gasteiger partial charge is 0.222 e. The first kappa shape index (κ1) is 16.3. The van der Waals surface area contributed by atoms with Crippen molar-refractivity contribution in [1.82, 2.24) is 15.1 Å². The Labute approximate surface area is 146 Å². The van der Waals surface area contributed by atoms with Crippen LogP contribution in [0.2, 0.25) is 0 Å². The minimum atomic E-state index is -0.316. The summed E-state index contributed by atoms with van der Waals surface area (Å²) in [6, 6.07) is 6.46. The molecule has 3 heterocycles. The van der Waals surface area contributed by atoms with Gasteiger partial charge in [-0.15, -0.1) is 0 Å². The summed E-state index contributed by atoms with van der Waals surface area (Å²) in [6.07, 6.45) is 5.33. The van der Waals surface area contributed by atoms with E-state index in [4.69, 9.17) is 4.74 Å². The molecule has 6 heteroatoms. The molecule has 2 aliphatic heterocycles. The Morgan fingerprint density at radius 1 is 1.36 bits per heavy atom. The van der Waals surface area contributed by atoms with Crippen molar-refractivity contribution in [2.45, 2.75) is 37.7 Å². The van der Waals surface area contributed by atoms with Crippen molar-refractivity contribution >= 4 is 5.91 Å². The van der Waals surface area contributed by atoms with E-state index in [0.717, 1.165) is 30.5 Å². The average molecular weight is 343 g/mol. The van der Waals surface area contributed by atoms with Gasteiger partial charge in [-0.2, -0.15) is 5.10 Å². The van der Waals surface area contributed by atoms with Gasteiger partial charge in [0.15, 0.2) is 0 Å². The van der Waals surface area contributed by atoms with Crippen LogP contribution in [-0.2, 0) is 28.0 Å². The maximum Gasteiger partial charge on any atom is 0.222 e. The number of aryl methyl sites for hydroxylation is 1. The predicted molar refractivity (Wildman–Crippen MR) is 90.5 cm³/mol. The molecule has 1 aromatic carbocycles. The number of halogens is 1. The van der Waals surface area contributed by atoms with Crippen molar-refractivity contribution < 1.29 is 13.9 Å². The van der Waals surface area contributed by atoms with Gasteiger partial charge < -0.3 is 9.64 Å². The SMILES string of the molecule is O=C(CCc1cccc(F)c1)N1CCC2(CC1)OCCc1cn[nH]c12. The Hall–Kier alpha value is -2.21. The highest BCUT2D eigenvalue weighted by Crippen LogP contribution is 2.40. The van der Waals surface area contributed by atoms with Crippen molar-refractivity contribution in [3.8, 4) is 0 Å². The van der Waals surface area contributed by atoms with E-state index in [0.29, 0.717) is 32.5 Å². The lowest BCUT2D eigenvalue weighted by atomic mass is 9.83. The first-order valence-corrected chi connectivity index (χ1v) is 8.85. The number of amides is 1. The van der Waals surface area contributed by atoms with Crippen LogP contribution in [0.1, 0.15) is 36.1 Å². The van der Waals surface area contributed by atoms with Crippen LogP contribution in [0.4, 0.5) is 4.39 Å². The van der Waals surface area contributed by atoms with Gasteiger partial charge in [0.2, 0.25) is 5.91 Å². The number of likely N-dealkylation sites (tertiary alicyclic amines) is 1. The molecule has 0 bridgehead atoms. The second kappa shape index (κ2) is 6.59. The van der Waals surface area contributed by atoms with Crippen LogP contribution < -0.4 is 0 Å². The normalized spacial score (nSPS) is 19.0. The molecular weight excluding hydrogens is 321 g/mol. The van der Waals surface area contributed by atoms with Crippen molar-refractivity contribution in [3.63, 3.8) is 0 Å². The number of piperidine rings is 1. The van der Waals surface area contributed by atoms with Gasteiger partial charge in [-0.1, -0.05) is 12.1 Å². The Morgan fingerprint density at radius 3 is 3.00 bits per heavy atom. The van der Waals surface area contributed by atoms with Crippen LogP contribution >= 0.6 is 0 Å². The third-order valence-corrected chi connectivity index (χ3v) is 5.36. The van der Waals surface area contributed by atoms with Crippen molar-refractivity contribution in [3.05, 3.63) is 53.1 Å². The first-order valence-electron chi connectivity index (χ1n) is 8.85. The first-order chi connectivity index (χ1) is 12.2. The van der Waals surface area contributed by atoms with E-state index in [1.54, 1.807) is 6.07 Å². The summed E-state index contributed by atoms with van der Waals surface area (Å²) in [6.45, 7) is 2.07. The quantitative estimate of drug-likeness (QED) is 0.932. The molecule has 1 fully saturated rings. The highest BCUT2D eigenvalue weighted by Gasteiger charge is 2.42. The number of nitrogens with zero attached hydrogens (tertiary/aromatic N) is 2. The zero-order chi connectivity index (χ0) is 17.3. The van der Waals surface area contributed by atoms with Crippen molar-refractivity contribution in [2.24, 2.45) is 0 Å². The second-order valence-corrected chi connectivity index (χ2v) is 6.87. The number of hydrogen-bond donors (Lipinski definition) is 1. The van der Waals surface area contributed by atoms with E-state index in [1.165, 1.54) is 17.7 Å². The zero-order valence-corrected chi connectivity index (χ0v) is 14.1. The number of H-pyrrole nitrogens is 1. The molecule has 0 atom stereocenters. The molecule has 132 valence electrons. The van der Waals surface area contributed by atoms with E-state index in [-0.39, 0.29) is 17.3 Å². The van der Waals surface area contributed by atoms with Gasteiger partial charge >= 0.3 is 0 Å². The van der Waals surface area contributed by atoms with Gasteiger partial charge in [0.1, 0.15) is 11.4 Å².